The maximum atomic E-state index is 11.1. The standard InChI is InChI=1S/C25H21O3.2C5H5.2Fe/c1-27-19-13-9-17(10-14-19)21-5-3-7-23(21)25(26)24-8-4-6-22(24)18-11-15-20(28-2)16-12-18;2*1-2-4-5-3-1;;/h3-16,26H,1-2H3;2*1-5H;;/q3*-1;;+2. The maximum Gasteiger partial charge on any atom is 2.00 e. The zero-order chi connectivity index (χ0) is 26.6. The molecule has 0 spiro atoms. The SMILES string of the molecule is COc1ccc(C2=CC=CC2=C(O)[c-]2cccc2-c2ccc(OC)cc2)cc1.[Fe+2].[Fe].c1cc[cH-]c1.c1cc[cH-]c1. The number of benzene rings is 2. The number of rotatable bonds is 5. The second-order valence-electron chi connectivity index (χ2n) is 8.44. The van der Waals surface area contributed by atoms with Crippen LogP contribution in [-0.2, 0) is 34.1 Å². The summed E-state index contributed by atoms with van der Waals surface area (Å²) in [5.74, 6) is 1.89. The Morgan fingerprint density at radius 2 is 1.20 bits per heavy atom. The van der Waals surface area contributed by atoms with Crippen molar-refractivity contribution in [1.29, 1.82) is 0 Å². The van der Waals surface area contributed by atoms with Crippen molar-refractivity contribution in [1.82, 2.24) is 0 Å². The third kappa shape index (κ3) is 8.58. The fraction of sp³-hybridized carbons (Fsp3) is 0.0571. The molecule has 0 bridgehead atoms. The number of allylic oxidation sites excluding steroid dienone is 5. The Morgan fingerprint density at radius 1 is 0.700 bits per heavy atom. The summed E-state index contributed by atoms with van der Waals surface area (Å²) in [6, 6.07) is 41.6. The molecule has 0 saturated heterocycles. The van der Waals surface area contributed by atoms with E-state index in [1.165, 1.54) is 0 Å². The quantitative estimate of drug-likeness (QED) is 0.123. The van der Waals surface area contributed by atoms with Crippen molar-refractivity contribution >= 4 is 11.3 Å². The minimum absolute atomic E-state index is 0. The van der Waals surface area contributed by atoms with Gasteiger partial charge in [0.15, 0.2) is 0 Å². The molecule has 0 saturated carbocycles. The van der Waals surface area contributed by atoms with E-state index in [1.54, 1.807) is 14.2 Å². The molecule has 206 valence electrons. The van der Waals surface area contributed by atoms with Crippen molar-refractivity contribution in [3.8, 4) is 22.6 Å². The molecule has 1 aliphatic carbocycles. The zero-order valence-corrected chi connectivity index (χ0v) is 24.5. The second-order valence-corrected chi connectivity index (χ2v) is 8.44. The van der Waals surface area contributed by atoms with Gasteiger partial charge in [0.1, 0.15) is 11.5 Å². The van der Waals surface area contributed by atoms with Crippen molar-refractivity contribution in [2.24, 2.45) is 0 Å². The van der Waals surface area contributed by atoms with Gasteiger partial charge >= 0.3 is 17.1 Å². The summed E-state index contributed by atoms with van der Waals surface area (Å²) >= 11 is 0. The van der Waals surface area contributed by atoms with Gasteiger partial charge in [0.25, 0.3) is 0 Å². The van der Waals surface area contributed by atoms with Gasteiger partial charge in [-0.1, -0.05) is 53.6 Å². The fourth-order valence-electron chi connectivity index (χ4n) is 4.08. The summed E-state index contributed by atoms with van der Waals surface area (Å²) in [4.78, 5) is 0. The van der Waals surface area contributed by atoms with Crippen LogP contribution in [0.2, 0.25) is 0 Å². The van der Waals surface area contributed by atoms with Crippen molar-refractivity contribution < 1.29 is 48.7 Å². The number of hydrogen-bond acceptors (Lipinski definition) is 3. The van der Waals surface area contributed by atoms with Crippen LogP contribution in [0.4, 0.5) is 0 Å². The van der Waals surface area contributed by atoms with E-state index in [-0.39, 0.29) is 39.9 Å². The first kappa shape index (κ1) is 32.4. The monoisotopic (exact) mass is 611 g/mol. The van der Waals surface area contributed by atoms with Crippen LogP contribution in [-0.4, -0.2) is 19.3 Å². The molecule has 0 radical (unpaired) electrons. The van der Waals surface area contributed by atoms with Crippen LogP contribution in [0.5, 0.6) is 11.5 Å². The van der Waals surface area contributed by atoms with Crippen LogP contribution in [0, 0.1) is 0 Å². The van der Waals surface area contributed by atoms with E-state index in [0.29, 0.717) is 0 Å². The molecule has 3 nitrogen and oxygen atoms in total. The summed E-state index contributed by atoms with van der Waals surface area (Å²) in [7, 11) is 3.30. The first-order valence-corrected chi connectivity index (χ1v) is 12.4. The molecule has 0 aliphatic heterocycles. The fourth-order valence-corrected chi connectivity index (χ4v) is 4.08. The zero-order valence-electron chi connectivity index (χ0n) is 22.3. The number of aliphatic hydroxyl groups is 1. The minimum Gasteiger partial charge on any atom is -0.522 e. The first-order chi connectivity index (χ1) is 18.7. The van der Waals surface area contributed by atoms with Crippen molar-refractivity contribution in [3.05, 3.63) is 162 Å². The molecule has 0 unspecified atom stereocenters. The molecule has 0 fully saturated rings. The number of methoxy groups -OCH3 is 2. The van der Waals surface area contributed by atoms with Gasteiger partial charge in [-0.2, -0.15) is 48.5 Å². The molecule has 0 amide bonds. The molecular weight excluding hydrogens is 580 g/mol. The van der Waals surface area contributed by atoms with Crippen LogP contribution in [0.25, 0.3) is 22.5 Å². The molecule has 6 rings (SSSR count). The molecule has 40 heavy (non-hydrogen) atoms. The molecule has 5 aromatic carbocycles. The van der Waals surface area contributed by atoms with Crippen LogP contribution < -0.4 is 9.47 Å². The molecule has 1 N–H and O–H groups in total. The summed E-state index contributed by atoms with van der Waals surface area (Å²) in [5, 5.41) is 11.1. The molecule has 0 atom stereocenters. The van der Waals surface area contributed by atoms with E-state index >= 15 is 0 Å². The van der Waals surface area contributed by atoms with Gasteiger partial charge in [0.05, 0.1) is 20.0 Å². The Balaban J connectivity index is 0.000000392. The van der Waals surface area contributed by atoms with E-state index in [1.807, 2.05) is 146 Å². The summed E-state index contributed by atoms with van der Waals surface area (Å²) in [5.41, 5.74) is 5.66. The van der Waals surface area contributed by atoms with E-state index in [9.17, 15) is 5.11 Å². The van der Waals surface area contributed by atoms with E-state index in [2.05, 4.69) is 0 Å². The Hall–Kier alpha value is -3.85. The van der Waals surface area contributed by atoms with E-state index in [0.717, 1.165) is 44.9 Å². The van der Waals surface area contributed by atoms with Gasteiger partial charge in [0, 0.05) is 17.1 Å². The molecule has 5 aromatic rings. The second kappa shape index (κ2) is 17.0. The van der Waals surface area contributed by atoms with Gasteiger partial charge < -0.3 is 14.6 Å². The minimum atomic E-state index is 0. The molecule has 1 aliphatic rings. The first-order valence-electron chi connectivity index (χ1n) is 12.4. The van der Waals surface area contributed by atoms with Gasteiger partial charge in [0.2, 0.25) is 0 Å². The normalized spacial score (nSPS) is 12.3. The van der Waals surface area contributed by atoms with Gasteiger partial charge in [-0.25, -0.2) is 24.3 Å². The van der Waals surface area contributed by atoms with Gasteiger partial charge in [-0.15, -0.1) is 11.6 Å². The van der Waals surface area contributed by atoms with Crippen LogP contribution >= 0.6 is 0 Å². The molecular formula is C35H31Fe2O3-. The Morgan fingerprint density at radius 3 is 1.65 bits per heavy atom. The predicted octanol–water partition coefficient (Wildman–Crippen LogP) is 8.82. The smallest absolute Gasteiger partial charge is 0.522 e. The van der Waals surface area contributed by atoms with Crippen molar-refractivity contribution in [2.45, 2.75) is 0 Å². The Labute approximate surface area is 258 Å². The molecule has 5 heteroatoms. The van der Waals surface area contributed by atoms with Crippen LogP contribution in [0.3, 0.4) is 0 Å². The predicted molar refractivity (Wildman–Crippen MR) is 158 cm³/mol. The summed E-state index contributed by atoms with van der Waals surface area (Å²) in [6.07, 6.45) is 5.92. The topological polar surface area (TPSA) is 38.7 Å². The van der Waals surface area contributed by atoms with E-state index < -0.39 is 0 Å². The summed E-state index contributed by atoms with van der Waals surface area (Å²) < 4.78 is 10.5. The number of aliphatic hydroxyl groups excluding tert-OH is 1. The Kier molecular flexibility index (Phi) is 13.7. The molecule has 0 heterocycles. The average Bonchev–Trinajstić information content (AvgIpc) is 3.82. The van der Waals surface area contributed by atoms with Crippen LogP contribution in [0.15, 0.2) is 151 Å². The average molecular weight is 611 g/mol. The van der Waals surface area contributed by atoms with Gasteiger partial charge in [-0.05, 0) is 41.0 Å². The van der Waals surface area contributed by atoms with Gasteiger partial charge in [-0.3, -0.25) is 0 Å². The molecule has 0 aromatic heterocycles. The number of ether oxygens (including phenoxy) is 2. The summed E-state index contributed by atoms with van der Waals surface area (Å²) in [6.45, 7) is 0. The third-order valence-electron chi connectivity index (χ3n) is 6.06. The third-order valence-corrected chi connectivity index (χ3v) is 6.06. The van der Waals surface area contributed by atoms with Crippen molar-refractivity contribution in [3.63, 3.8) is 0 Å². The Bertz CT molecular complexity index is 1390. The van der Waals surface area contributed by atoms with Crippen LogP contribution in [0.1, 0.15) is 11.1 Å². The van der Waals surface area contributed by atoms with Crippen molar-refractivity contribution in [2.75, 3.05) is 14.2 Å². The maximum absolute atomic E-state index is 11.1. The number of hydrogen-bond donors (Lipinski definition) is 1. The van der Waals surface area contributed by atoms with E-state index in [4.69, 9.17) is 9.47 Å². The largest absolute Gasteiger partial charge is 2.00 e.